The largest absolute Gasteiger partial charge is 0.378 e. The predicted octanol–water partition coefficient (Wildman–Crippen LogP) is 3.50. The van der Waals surface area contributed by atoms with Crippen LogP contribution in [-0.4, -0.2) is 25.2 Å². The Kier molecular flexibility index (Phi) is 6.18. The SMILES string of the molecule is CCCNCCc1sc(COC)nc1-c1ccccc1. The van der Waals surface area contributed by atoms with Crippen LogP contribution in [0.25, 0.3) is 11.3 Å². The van der Waals surface area contributed by atoms with Crippen LogP contribution in [-0.2, 0) is 17.8 Å². The van der Waals surface area contributed by atoms with Crippen LogP contribution in [0.4, 0.5) is 0 Å². The molecule has 2 rings (SSSR count). The van der Waals surface area contributed by atoms with Crippen LogP contribution in [0.3, 0.4) is 0 Å². The zero-order chi connectivity index (χ0) is 14.2. The highest BCUT2D eigenvalue weighted by molar-refractivity contribution is 7.12. The van der Waals surface area contributed by atoms with Crippen molar-refractivity contribution in [2.75, 3.05) is 20.2 Å². The molecule has 1 N–H and O–H groups in total. The van der Waals surface area contributed by atoms with Gasteiger partial charge in [0.2, 0.25) is 0 Å². The summed E-state index contributed by atoms with van der Waals surface area (Å²) in [6.07, 6.45) is 2.19. The maximum absolute atomic E-state index is 5.21. The Morgan fingerprint density at radius 2 is 2.00 bits per heavy atom. The molecule has 0 atom stereocenters. The Morgan fingerprint density at radius 3 is 2.70 bits per heavy atom. The van der Waals surface area contributed by atoms with Gasteiger partial charge in [0.1, 0.15) is 5.01 Å². The van der Waals surface area contributed by atoms with Crippen LogP contribution in [0.2, 0.25) is 0 Å². The molecular weight excluding hydrogens is 268 g/mol. The van der Waals surface area contributed by atoms with E-state index in [1.807, 2.05) is 6.07 Å². The highest BCUT2D eigenvalue weighted by Crippen LogP contribution is 2.28. The van der Waals surface area contributed by atoms with E-state index in [1.165, 1.54) is 16.9 Å². The number of nitrogens with zero attached hydrogens (tertiary/aromatic N) is 1. The van der Waals surface area contributed by atoms with Gasteiger partial charge in [-0.15, -0.1) is 11.3 Å². The van der Waals surface area contributed by atoms with Gasteiger partial charge in [0.25, 0.3) is 0 Å². The summed E-state index contributed by atoms with van der Waals surface area (Å²) in [6.45, 7) is 4.85. The summed E-state index contributed by atoms with van der Waals surface area (Å²) >= 11 is 1.76. The molecule has 2 aromatic rings. The number of benzene rings is 1. The van der Waals surface area contributed by atoms with Crippen LogP contribution in [0, 0.1) is 0 Å². The second kappa shape index (κ2) is 8.15. The standard InChI is InChI=1S/C16H22N2OS/c1-3-10-17-11-9-14-16(13-7-5-4-6-8-13)18-15(20-14)12-19-2/h4-8,17H,3,9-12H2,1-2H3. The second-order valence-electron chi connectivity index (χ2n) is 4.68. The van der Waals surface area contributed by atoms with E-state index in [9.17, 15) is 0 Å². The fraction of sp³-hybridized carbons (Fsp3) is 0.438. The van der Waals surface area contributed by atoms with Gasteiger partial charge in [0, 0.05) is 24.1 Å². The maximum Gasteiger partial charge on any atom is 0.119 e. The van der Waals surface area contributed by atoms with Crippen LogP contribution in [0.15, 0.2) is 30.3 Å². The molecule has 0 unspecified atom stereocenters. The molecule has 0 aliphatic heterocycles. The molecule has 0 saturated carbocycles. The molecule has 20 heavy (non-hydrogen) atoms. The molecule has 3 nitrogen and oxygen atoms in total. The Balaban J connectivity index is 2.15. The molecule has 0 saturated heterocycles. The molecule has 0 aliphatic rings. The summed E-state index contributed by atoms with van der Waals surface area (Å²) in [5.74, 6) is 0. The van der Waals surface area contributed by atoms with Gasteiger partial charge in [-0.3, -0.25) is 0 Å². The zero-order valence-electron chi connectivity index (χ0n) is 12.2. The van der Waals surface area contributed by atoms with Crippen molar-refractivity contribution in [3.63, 3.8) is 0 Å². The second-order valence-corrected chi connectivity index (χ2v) is 5.85. The lowest BCUT2D eigenvalue weighted by Crippen LogP contribution is -2.17. The van der Waals surface area contributed by atoms with Gasteiger partial charge in [-0.2, -0.15) is 0 Å². The van der Waals surface area contributed by atoms with E-state index in [2.05, 4.69) is 36.5 Å². The minimum Gasteiger partial charge on any atom is -0.378 e. The van der Waals surface area contributed by atoms with Crippen LogP contribution in [0.1, 0.15) is 23.2 Å². The number of hydrogen-bond acceptors (Lipinski definition) is 4. The quantitative estimate of drug-likeness (QED) is 0.756. The molecule has 1 heterocycles. The fourth-order valence-corrected chi connectivity index (χ4v) is 3.14. The summed E-state index contributed by atoms with van der Waals surface area (Å²) in [6, 6.07) is 10.4. The molecule has 1 aromatic heterocycles. The van der Waals surface area contributed by atoms with Gasteiger partial charge in [-0.05, 0) is 19.4 Å². The molecule has 0 spiro atoms. The lowest BCUT2D eigenvalue weighted by atomic mass is 10.1. The third kappa shape index (κ3) is 4.13. The molecular formula is C16H22N2OS. The van der Waals surface area contributed by atoms with E-state index < -0.39 is 0 Å². The monoisotopic (exact) mass is 290 g/mol. The predicted molar refractivity (Wildman–Crippen MR) is 85.1 cm³/mol. The fourth-order valence-electron chi connectivity index (χ4n) is 2.08. The van der Waals surface area contributed by atoms with Gasteiger partial charge >= 0.3 is 0 Å². The maximum atomic E-state index is 5.21. The Bertz CT molecular complexity index is 510. The number of ether oxygens (including phenoxy) is 1. The minimum absolute atomic E-state index is 0.590. The summed E-state index contributed by atoms with van der Waals surface area (Å²) in [7, 11) is 1.71. The van der Waals surface area contributed by atoms with E-state index in [0.717, 1.165) is 30.2 Å². The highest BCUT2D eigenvalue weighted by atomic mass is 32.1. The van der Waals surface area contributed by atoms with Crippen LogP contribution >= 0.6 is 11.3 Å². The number of hydrogen-bond donors (Lipinski definition) is 1. The molecule has 0 bridgehead atoms. The first kappa shape index (κ1) is 15.2. The van der Waals surface area contributed by atoms with Gasteiger partial charge in [-0.25, -0.2) is 4.98 Å². The molecule has 0 aliphatic carbocycles. The van der Waals surface area contributed by atoms with E-state index in [0.29, 0.717) is 6.61 Å². The average Bonchev–Trinajstić information content (AvgIpc) is 2.88. The lowest BCUT2D eigenvalue weighted by molar-refractivity contribution is 0.184. The van der Waals surface area contributed by atoms with Crippen molar-refractivity contribution in [3.8, 4) is 11.3 Å². The normalized spacial score (nSPS) is 10.9. The Hall–Kier alpha value is -1.23. The third-order valence-corrected chi connectivity index (χ3v) is 4.10. The van der Waals surface area contributed by atoms with Gasteiger partial charge in [-0.1, -0.05) is 37.3 Å². The highest BCUT2D eigenvalue weighted by Gasteiger charge is 2.12. The zero-order valence-corrected chi connectivity index (χ0v) is 13.0. The van der Waals surface area contributed by atoms with E-state index in [4.69, 9.17) is 9.72 Å². The first-order chi connectivity index (χ1) is 9.85. The van der Waals surface area contributed by atoms with Crippen LogP contribution in [0.5, 0.6) is 0 Å². The smallest absolute Gasteiger partial charge is 0.119 e. The lowest BCUT2D eigenvalue weighted by Gasteiger charge is -2.03. The van der Waals surface area contributed by atoms with Gasteiger partial charge in [0.15, 0.2) is 0 Å². The van der Waals surface area contributed by atoms with E-state index in [1.54, 1.807) is 18.4 Å². The summed E-state index contributed by atoms with van der Waals surface area (Å²) in [4.78, 5) is 6.07. The van der Waals surface area contributed by atoms with Crippen molar-refractivity contribution in [1.82, 2.24) is 10.3 Å². The molecule has 4 heteroatoms. The van der Waals surface area contributed by atoms with E-state index >= 15 is 0 Å². The number of aromatic nitrogens is 1. The van der Waals surface area contributed by atoms with Crippen molar-refractivity contribution < 1.29 is 4.74 Å². The third-order valence-electron chi connectivity index (χ3n) is 3.01. The summed E-state index contributed by atoms with van der Waals surface area (Å²) < 4.78 is 5.21. The summed E-state index contributed by atoms with van der Waals surface area (Å²) in [5.41, 5.74) is 2.30. The van der Waals surface area contributed by atoms with Crippen molar-refractivity contribution in [2.45, 2.75) is 26.4 Å². The van der Waals surface area contributed by atoms with Gasteiger partial charge in [0.05, 0.1) is 12.3 Å². The molecule has 108 valence electrons. The summed E-state index contributed by atoms with van der Waals surface area (Å²) in [5, 5.41) is 4.50. The number of nitrogens with one attached hydrogen (secondary N) is 1. The Labute approximate surface area is 125 Å². The van der Waals surface area contributed by atoms with Crippen LogP contribution < -0.4 is 5.32 Å². The first-order valence-corrected chi connectivity index (χ1v) is 7.90. The van der Waals surface area contributed by atoms with Crippen molar-refractivity contribution >= 4 is 11.3 Å². The molecule has 0 amide bonds. The Morgan fingerprint density at radius 1 is 1.20 bits per heavy atom. The van der Waals surface area contributed by atoms with Crippen molar-refractivity contribution in [1.29, 1.82) is 0 Å². The van der Waals surface area contributed by atoms with Gasteiger partial charge < -0.3 is 10.1 Å². The minimum atomic E-state index is 0.590. The molecule has 0 fully saturated rings. The van der Waals surface area contributed by atoms with Crippen molar-refractivity contribution in [2.24, 2.45) is 0 Å². The number of rotatable bonds is 8. The van der Waals surface area contributed by atoms with E-state index in [-0.39, 0.29) is 0 Å². The van der Waals surface area contributed by atoms with Crippen molar-refractivity contribution in [3.05, 3.63) is 40.2 Å². The topological polar surface area (TPSA) is 34.1 Å². The number of thiazole rings is 1. The average molecular weight is 290 g/mol. The number of methoxy groups -OCH3 is 1. The molecule has 0 radical (unpaired) electrons. The molecule has 1 aromatic carbocycles. The first-order valence-electron chi connectivity index (χ1n) is 7.08.